The summed E-state index contributed by atoms with van der Waals surface area (Å²) in [4.78, 5) is 37.5. The van der Waals surface area contributed by atoms with Crippen LogP contribution >= 0.6 is 0 Å². The van der Waals surface area contributed by atoms with Gasteiger partial charge in [0.1, 0.15) is 23.3 Å². The van der Waals surface area contributed by atoms with Crippen molar-refractivity contribution in [3.8, 4) is 0 Å². The molecule has 0 radical (unpaired) electrons. The van der Waals surface area contributed by atoms with Crippen molar-refractivity contribution in [2.75, 3.05) is 6.54 Å². The molecule has 2 heterocycles. The molecule has 1 aromatic carbocycles. The zero-order valence-electron chi connectivity index (χ0n) is 25.2. The summed E-state index contributed by atoms with van der Waals surface area (Å²) in [5.74, 6) is -11.0. The van der Waals surface area contributed by atoms with Gasteiger partial charge in [-0.1, -0.05) is 6.07 Å². The van der Waals surface area contributed by atoms with E-state index in [1.54, 1.807) is 13.8 Å². The van der Waals surface area contributed by atoms with Gasteiger partial charge >= 0.3 is 0 Å². The lowest BCUT2D eigenvalue weighted by Gasteiger charge is -2.33. The summed E-state index contributed by atoms with van der Waals surface area (Å²) in [6.07, 6.45) is -0.580. The number of amides is 2. The van der Waals surface area contributed by atoms with E-state index in [4.69, 9.17) is 0 Å². The van der Waals surface area contributed by atoms with Crippen LogP contribution in [0.15, 0.2) is 18.5 Å². The van der Waals surface area contributed by atoms with E-state index in [2.05, 4.69) is 30.7 Å². The van der Waals surface area contributed by atoms with Gasteiger partial charge in [0, 0.05) is 30.9 Å². The highest BCUT2D eigenvalue weighted by molar-refractivity contribution is 5.91. The molecule has 1 fully saturated rings. The number of fused-ring (bicyclic) bond motifs is 1. The monoisotopic (exact) mass is 629 g/mol. The first kappa shape index (κ1) is 33.2. The lowest BCUT2D eigenvalue weighted by atomic mass is 9.81. The summed E-state index contributed by atoms with van der Waals surface area (Å²) in [6.45, 7) is 6.11. The second-order valence-electron chi connectivity index (χ2n) is 12.5. The zero-order chi connectivity index (χ0) is 32.6. The minimum Gasteiger partial charge on any atom is -0.352 e. The van der Waals surface area contributed by atoms with Crippen LogP contribution in [0.2, 0.25) is 0 Å². The zero-order valence-corrected chi connectivity index (χ0v) is 25.2. The highest BCUT2D eigenvalue weighted by Gasteiger charge is 2.40. The quantitative estimate of drug-likeness (QED) is 0.220. The molecule has 1 aliphatic carbocycles. The Kier molecular flexibility index (Phi) is 9.36. The van der Waals surface area contributed by atoms with E-state index in [9.17, 15) is 31.5 Å². The number of hydrogen-bond donors (Lipinski definition) is 3. The Balaban J connectivity index is 1.72. The van der Waals surface area contributed by atoms with E-state index < -0.39 is 78.8 Å². The van der Waals surface area contributed by atoms with Crippen LogP contribution < -0.4 is 10.6 Å². The molecule has 3 N–H and O–H groups in total. The van der Waals surface area contributed by atoms with Crippen LogP contribution in [0.25, 0.3) is 11.0 Å². The Morgan fingerprint density at radius 3 is 2.39 bits per heavy atom. The van der Waals surface area contributed by atoms with Crippen molar-refractivity contribution in [3.63, 3.8) is 0 Å². The van der Waals surface area contributed by atoms with Crippen LogP contribution in [0, 0.1) is 11.7 Å². The van der Waals surface area contributed by atoms with Crippen LogP contribution in [0.5, 0.6) is 0 Å². The summed E-state index contributed by atoms with van der Waals surface area (Å²) in [5, 5.41) is 9.13. The van der Waals surface area contributed by atoms with Crippen molar-refractivity contribution in [1.29, 1.82) is 0 Å². The molecular weight excluding hydrogens is 592 g/mol. The number of alkyl halides is 5. The number of aromatic nitrogens is 5. The van der Waals surface area contributed by atoms with Gasteiger partial charge in [0.2, 0.25) is 23.6 Å². The summed E-state index contributed by atoms with van der Waals surface area (Å²) >= 11 is 0. The number of aromatic amines is 1. The topological polar surface area (TPSA) is 118 Å². The molecule has 0 saturated heterocycles. The predicted molar refractivity (Wildman–Crippen MR) is 150 cm³/mol. The molecule has 0 aliphatic heterocycles. The van der Waals surface area contributed by atoms with Gasteiger partial charge in [-0.25, -0.2) is 41.0 Å². The number of H-pyrrole nitrogens is 1. The lowest BCUT2D eigenvalue weighted by Crippen LogP contribution is -2.39. The number of benzene rings is 1. The van der Waals surface area contributed by atoms with Gasteiger partial charge in [-0.15, -0.1) is 0 Å². The lowest BCUT2D eigenvalue weighted by molar-refractivity contribution is -0.125. The minimum absolute atomic E-state index is 0.0125. The Morgan fingerprint density at radius 1 is 1.14 bits per heavy atom. The molecule has 242 valence electrons. The molecule has 2 amide bonds. The van der Waals surface area contributed by atoms with E-state index in [-0.39, 0.29) is 47.1 Å². The number of nitrogens with zero attached hydrogens (tertiary/aromatic N) is 4. The third-order valence-corrected chi connectivity index (χ3v) is 7.66. The Morgan fingerprint density at radius 2 is 1.80 bits per heavy atom. The number of nitrogens with one attached hydrogen (secondary N) is 3. The molecule has 0 unspecified atom stereocenters. The van der Waals surface area contributed by atoms with Crippen molar-refractivity contribution in [3.05, 3.63) is 41.5 Å². The number of rotatable bonds is 11. The van der Waals surface area contributed by atoms with Crippen molar-refractivity contribution in [1.82, 2.24) is 35.4 Å². The third kappa shape index (κ3) is 7.89. The second kappa shape index (κ2) is 12.4. The molecule has 9 nitrogen and oxygen atoms in total. The SMILES string of the molecule is CC(C)n1ncnc1C(=O)N[C@H](c1nc2c(F)c([C@H](CC(C)(F)F)C(=O)NCC(C)(C)F)ccc2[nH]1)C1CCC(F)(F)CC1. The summed E-state index contributed by atoms with van der Waals surface area (Å²) < 4.78 is 87.7. The number of carbonyl (C=O) groups excluding carboxylic acids is 2. The van der Waals surface area contributed by atoms with E-state index >= 15 is 4.39 Å². The first-order chi connectivity index (χ1) is 20.3. The molecule has 15 heteroatoms. The average molecular weight is 630 g/mol. The number of halogens is 6. The highest BCUT2D eigenvalue weighted by atomic mass is 19.3. The fourth-order valence-corrected chi connectivity index (χ4v) is 5.42. The van der Waals surface area contributed by atoms with Crippen molar-refractivity contribution >= 4 is 22.8 Å². The van der Waals surface area contributed by atoms with E-state index in [1.165, 1.54) is 37.0 Å². The first-order valence-electron chi connectivity index (χ1n) is 14.5. The van der Waals surface area contributed by atoms with E-state index in [1.807, 2.05) is 0 Å². The van der Waals surface area contributed by atoms with Crippen molar-refractivity contribution in [2.24, 2.45) is 5.92 Å². The molecular formula is C29H37F6N7O2. The van der Waals surface area contributed by atoms with Crippen molar-refractivity contribution < 1.29 is 35.9 Å². The fraction of sp³-hybridized carbons (Fsp3) is 0.621. The van der Waals surface area contributed by atoms with Crippen LogP contribution in [-0.2, 0) is 4.79 Å². The average Bonchev–Trinajstić information content (AvgIpc) is 3.57. The van der Waals surface area contributed by atoms with Crippen LogP contribution in [0.4, 0.5) is 26.3 Å². The molecule has 44 heavy (non-hydrogen) atoms. The number of carbonyl (C=O) groups is 2. The molecule has 1 saturated carbocycles. The maximum Gasteiger partial charge on any atom is 0.289 e. The van der Waals surface area contributed by atoms with Crippen LogP contribution in [0.3, 0.4) is 0 Å². The van der Waals surface area contributed by atoms with E-state index in [0.29, 0.717) is 6.92 Å². The maximum absolute atomic E-state index is 16.0. The standard InChI is InChI=1S/C29H37F6N7O2/c1-15(2)42-24(37-14-38-42)26(44)41-21(16-8-10-29(34,35)11-9-16)23-39-19-7-6-17(20(30)22(19)40-23)18(12-28(5,32)33)25(43)36-13-27(3,4)31/h6-7,14-16,18,21H,8-13H2,1-5H3,(H,36,43)(H,39,40)(H,41,44)/t18-,21-/m0/s1. The fourth-order valence-electron chi connectivity index (χ4n) is 5.42. The Labute approximate surface area is 250 Å². The van der Waals surface area contributed by atoms with Gasteiger partial charge in [-0.2, -0.15) is 5.10 Å². The molecule has 0 bridgehead atoms. The van der Waals surface area contributed by atoms with Gasteiger partial charge in [-0.3, -0.25) is 9.59 Å². The van der Waals surface area contributed by atoms with Crippen molar-refractivity contribution in [2.45, 2.75) is 102 Å². The molecule has 2 aromatic heterocycles. The molecule has 3 aromatic rings. The van der Waals surface area contributed by atoms with Crippen LogP contribution in [-0.4, -0.2) is 60.6 Å². The van der Waals surface area contributed by atoms with Gasteiger partial charge in [0.05, 0.1) is 24.0 Å². The maximum atomic E-state index is 16.0. The minimum atomic E-state index is -3.36. The predicted octanol–water partition coefficient (Wildman–Crippen LogP) is 6.16. The van der Waals surface area contributed by atoms with Gasteiger partial charge in [0.25, 0.3) is 5.91 Å². The summed E-state index contributed by atoms with van der Waals surface area (Å²) in [5.41, 5.74) is -2.35. The highest BCUT2D eigenvalue weighted by Crippen LogP contribution is 2.42. The number of hydrogen-bond acceptors (Lipinski definition) is 5. The molecule has 1 aliphatic rings. The van der Waals surface area contributed by atoms with Gasteiger partial charge in [-0.05, 0) is 59.4 Å². The molecule has 4 rings (SSSR count). The smallest absolute Gasteiger partial charge is 0.289 e. The van der Waals surface area contributed by atoms with E-state index in [0.717, 1.165) is 0 Å². The number of imidazole rings is 1. The summed E-state index contributed by atoms with van der Waals surface area (Å²) in [7, 11) is 0. The third-order valence-electron chi connectivity index (χ3n) is 7.66. The molecule has 2 atom stereocenters. The Bertz CT molecular complexity index is 1480. The van der Waals surface area contributed by atoms with Gasteiger partial charge in [0.15, 0.2) is 5.82 Å². The van der Waals surface area contributed by atoms with Crippen LogP contribution in [0.1, 0.15) is 107 Å². The summed E-state index contributed by atoms with van der Waals surface area (Å²) in [6, 6.07) is 1.37. The second-order valence-corrected chi connectivity index (χ2v) is 12.5. The largest absolute Gasteiger partial charge is 0.352 e. The first-order valence-corrected chi connectivity index (χ1v) is 14.5. The molecule has 0 spiro atoms. The normalized spacial score (nSPS) is 17.5. The van der Waals surface area contributed by atoms with Gasteiger partial charge < -0.3 is 15.6 Å². The Hall–Kier alpha value is -3.65.